The van der Waals surface area contributed by atoms with Gasteiger partial charge in [-0.3, -0.25) is 0 Å². The van der Waals surface area contributed by atoms with E-state index in [9.17, 15) is 0 Å². The van der Waals surface area contributed by atoms with E-state index < -0.39 is 0 Å². The van der Waals surface area contributed by atoms with Crippen LogP contribution in [0, 0.1) is 5.92 Å². The van der Waals surface area contributed by atoms with Crippen LogP contribution >= 0.6 is 0 Å². The molecule has 1 saturated carbocycles. The molecule has 0 spiro atoms. The summed E-state index contributed by atoms with van der Waals surface area (Å²) in [5.41, 5.74) is 1.35. The second-order valence-electron chi connectivity index (χ2n) is 5.93. The molecule has 1 unspecified atom stereocenters. The van der Waals surface area contributed by atoms with Gasteiger partial charge in [0.2, 0.25) is 0 Å². The average molecular weight is 275 g/mol. The Morgan fingerprint density at radius 1 is 1.20 bits per heavy atom. The lowest BCUT2D eigenvalue weighted by Gasteiger charge is -2.31. The molecule has 0 saturated heterocycles. The van der Waals surface area contributed by atoms with Crippen LogP contribution in [0.5, 0.6) is 5.75 Å². The van der Waals surface area contributed by atoms with Gasteiger partial charge in [-0.15, -0.1) is 0 Å². The van der Waals surface area contributed by atoms with Crippen molar-refractivity contribution in [2.24, 2.45) is 5.92 Å². The molecule has 0 bridgehead atoms. The molecule has 2 nitrogen and oxygen atoms in total. The summed E-state index contributed by atoms with van der Waals surface area (Å²) in [6.07, 6.45) is 7.72. The molecular formula is C18H29NO. The van der Waals surface area contributed by atoms with Crippen LogP contribution in [-0.2, 0) is 0 Å². The van der Waals surface area contributed by atoms with E-state index in [-0.39, 0.29) is 0 Å². The molecule has 2 heteroatoms. The van der Waals surface area contributed by atoms with E-state index in [1.165, 1.54) is 37.7 Å². The van der Waals surface area contributed by atoms with Crippen molar-refractivity contribution in [2.45, 2.75) is 58.4 Å². The highest BCUT2D eigenvalue weighted by Gasteiger charge is 2.24. The first-order chi connectivity index (χ1) is 9.85. The highest BCUT2D eigenvalue weighted by molar-refractivity contribution is 5.36. The predicted molar refractivity (Wildman–Crippen MR) is 85.2 cm³/mol. The molecule has 0 heterocycles. The molecule has 1 aliphatic rings. The van der Waals surface area contributed by atoms with Crippen LogP contribution in [-0.4, -0.2) is 13.2 Å². The monoisotopic (exact) mass is 275 g/mol. The Morgan fingerprint density at radius 3 is 2.65 bits per heavy atom. The maximum absolute atomic E-state index is 5.94. The smallest absolute Gasteiger partial charge is 0.124 e. The van der Waals surface area contributed by atoms with Crippen molar-refractivity contribution in [2.75, 3.05) is 13.2 Å². The van der Waals surface area contributed by atoms with E-state index in [4.69, 9.17) is 4.74 Å². The van der Waals surface area contributed by atoms with Crippen molar-refractivity contribution in [3.63, 3.8) is 0 Å². The fourth-order valence-corrected chi connectivity index (χ4v) is 2.81. The van der Waals surface area contributed by atoms with Crippen LogP contribution in [0.3, 0.4) is 0 Å². The lowest BCUT2D eigenvalue weighted by molar-refractivity contribution is 0.254. The summed E-state index contributed by atoms with van der Waals surface area (Å²) in [5.74, 6) is 1.98. The summed E-state index contributed by atoms with van der Waals surface area (Å²) < 4.78 is 5.94. The Balaban J connectivity index is 2.08. The van der Waals surface area contributed by atoms with Crippen LogP contribution in [0.1, 0.15) is 64.0 Å². The minimum absolute atomic E-state index is 0.452. The van der Waals surface area contributed by atoms with Crippen LogP contribution in [0.15, 0.2) is 24.3 Å². The van der Waals surface area contributed by atoms with Crippen molar-refractivity contribution >= 4 is 0 Å². The summed E-state index contributed by atoms with van der Waals surface area (Å²) in [7, 11) is 0. The number of para-hydroxylation sites is 1. The molecule has 1 aromatic carbocycles. The number of rotatable bonds is 9. The number of ether oxygens (including phenoxy) is 1. The average Bonchev–Trinajstić information content (AvgIpc) is 2.44. The second-order valence-corrected chi connectivity index (χ2v) is 5.93. The topological polar surface area (TPSA) is 21.3 Å². The normalized spacial score (nSPS) is 16.7. The predicted octanol–water partition coefficient (Wildman–Crippen LogP) is 4.71. The van der Waals surface area contributed by atoms with Crippen LogP contribution in [0.2, 0.25) is 0 Å². The summed E-state index contributed by atoms with van der Waals surface area (Å²) in [6.45, 7) is 6.27. The van der Waals surface area contributed by atoms with Gasteiger partial charge in [0.15, 0.2) is 0 Å². The summed E-state index contributed by atoms with van der Waals surface area (Å²) in [5, 5.41) is 3.72. The van der Waals surface area contributed by atoms with Crippen LogP contribution < -0.4 is 10.1 Å². The van der Waals surface area contributed by atoms with Gasteiger partial charge in [-0.25, -0.2) is 0 Å². The quantitative estimate of drug-likeness (QED) is 0.705. The van der Waals surface area contributed by atoms with E-state index >= 15 is 0 Å². The van der Waals surface area contributed by atoms with Crippen molar-refractivity contribution in [1.29, 1.82) is 0 Å². The molecule has 1 N–H and O–H groups in total. The lowest BCUT2D eigenvalue weighted by atomic mass is 9.79. The van der Waals surface area contributed by atoms with Crippen molar-refractivity contribution < 1.29 is 4.74 Å². The van der Waals surface area contributed by atoms with Crippen molar-refractivity contribution in [3.8, 4) is 5.75 Å². The van der Waals surface area contributed by atoms with Gasteiger partial charge >= 0.3 is 0 Å². The number of benzene rings is 1. The van der Waals surface area contributed by atoms with E-state index in [1.54, 1.807) is 0 Å². The van der Waals surface area contributed by atoms with Crippen molar-refractivity contribution in [1.82, 2.24) is 5.32 Å². The maximum atomic E-state index is 5.94. The van der Waals surface area contributed by atoms with Gasteiger partial charge in [-0.2, -0.15) is 0 Å². The first-order valence-corrected chi connectivity index (χ1v) is 8.30. The Labute approximate surface area is 123 Å². The van der Waals surface area contributed by atoms with E-state index in [2.05, 4.69) is 43.4 Å². The molecule has 1 fully saturated rings. The Hall–Kier alpha value is -1.02. The Kier molecular flexibility index (Phi) is 6.38. The van der Waals surface area contributed by atoms with Gasteiger partial charge in [-0.1, -0.05) is 51.3 Å². The molecule has 0 aliphatic heterocycles. The van der Waals surface area contributed by atoms with Crippen molar-refractivity contribution in [3.05, 3.63) is 29.8 Å². The first-order valence-electron chi connectivity index (χ1n) is 8.30. The number of hydrogen-bond donors (Lipinski definition) is 1. The molecule has 0 aromatic heterocycles. The second kappa shape index (κ2) is 8.31. The van der Waals surface area contributed by atoms with Gasteiger partial charge in [0.25, 0.3) is 0 Å². The number of nitrogens with one attached hydrogen (secondary N) is 1. The van der Waals surface area contributed by atoms with E-state index in [0.29, 0.717) is 6.04 Å². The van der Waals surface area contributed by atoms with Gasteiger partial charge in [0, 0.05) is 11.6 Å². The zero-order chi connectivity index (χ0) is 14.2. The maximum Gasteiger partial charge on any atom is 0.124 e. The third kappa shape index (κ3) is 4.24. The fourth-order valence-electron chi connectivity index (χ4n) is 2.81. The highest BCUT2D eigenvalue weighted by atomic mass is 16.5. The largest absolute Gasteiger partial charge is 0.493 e. The molecule has 112 valence electrons. The molecule has 0 radical (unpaired) electrons. The molecule has 1 aliphatic carbocycles. The van der Waals surface area contributed by atoms with Gasteiger partial charge < -0.3 is 10.1 Å². The van der Waals surface area contributed by atoms with Gasteiger partial charge in [0.05, 0.1) is 6.61 Å². The summed E-state index contributed by atoms with van der Waals surface area (Å²) >= 11 is 0. The zero-order valence-electron chi connectivity index (χ0n) is 13.0. The minimum Gasteiger partial charge on any atom is -0.493 e. The Morgan fingerprint density at radius 2 is 2.00 bits per heavy atom. The first kappa shape index (κ1) is 15.4. The van der Waals surface area contributed by atoms with Crippen LogP contribution in [0.25, 0.3) is 0 Å². The summed E-state index contributed by atoms with van der Waals surface area (Å²) in [6, 6.07) is 9.02. The lowest BCUT2D eigenvalue weighted by Crippen LogP contribution is -2.27. The van der Waals surface area contributed by atoms with E-state index in [0.717, 1.165) is 31.2 Å². The third-order valence-corrected chi connectivity index (χ3v) is 4.19. The molecule has 1 atom stereocenters. The third-order valence-electron chi connectivity index (χ3n) is 4.19. The van der Waals surface area contributed by atoms with Gasteiger partial charge in [-0.05, 0) is 37.8 Å². The summed E-state index contributed by atoms with van der Waals surface area (Å²) in [4.78, 5) is 0. The molecule has 2 rings (SSSR count). The molecule has 1 aromatic rings. The molecular weight excluding hydrogens is 246 g/mol. The zero-order valence-corrected chi connectivity index (χ0v) is 13.0. The SMILES string of the molecule is CCCNC(CC1CCC1)c1ccccc1OCCC. The van der Waals surface area contributed by atoms with Gasteiger partial charge in [0.1, 0.15) is 5.75 Å². The van der Waals surface area contributed by atoms with Crippen LogP contribution in [0.4, 0.5) is 0 Å². The standard InChI is InChI=1S/C18H29NO/c1-3-12-19-17(14-15-8-7-9-15)16-10-5-6-11-18(16)20-13-4-2/h5-6,10-11,15,17,19H,3-4,7-9,12-14H2,1-2H3. The number of hydrogen-bond acceptors (Lipinski definition) is 2. The van der Waals surface area contributed by atoms with E-state index in [1.807, 2.05) is 0 Å². The molecule has 20 heavy (non-hydrogen) atoms. The highest BCUT2D eigenvalue weighted by Crippen LogP contribution is 2.37. The minimum atomic E-state index is 0.452. The fraction of sp³-hybridized carbons (Fsp3) is 0.667. The Bertz CT molecular complexity index is 387. The molecule has 0 amide bonds.